The fourth-order valence-corrected chi connectivity index (χ4v) is 2.96. The van der Waals surface area contributed by atoms with Crippen LogP contribution in [-0.4, -0.2) is 8.42 Å². The molecule has 0 spiro atoms. The number of hydrogen-bond acceptors (Lipinski definition) is 3. The first-order valence-electron chi connectivity index (χ1n) is 6.05. The molecule has 0 unspecified atom stereocenters. The van der Waals surface area contributed by atoms with E-state index in [1.807, 2.05) is 0 Å². The van der Waals surface area contributed by atoms with Crippen molar-refractivity contribution in [3.8, 4) is 0 Å². The molecule has 2 aromatic carbocycles. The Morgan fingerprint density at radius 1 is 1.00 bits per heavy atom. The van der Waals surface area contributed by atoms with E-state index in [0.29, 0.717) is 23.0 Å². The molecular weight excluding hydrogens is 298 g/mol. The lowest BCUT2D eigenvalue weighted by Gasteiger charge is -2.13. The Balaban J connectivity index is 2.42. The maximum absolute atomic E-state index is 13.2. The molecule has 0 heterocycles. The van der Waals surface area contributed by atoms with Crippen molar-refractivity contribution in [1.82, 2.24) is 0 Å². The minimum Gasteiger partial charge on any atom is -0.398 e. The van der Waals surface area contributed by atoms with Crippen LogP contribution in [0.15, 0.2) is 35.2 Å². The lowest BCUT2D eigenvalue weighted by atomic mass is 10.1. The standard InChI is InChI=1S/C14H14F2N2O2S/c1-8-5-9(2)14(7-13(8)17)18-21(19,20)10-3-4-11(15)12(16)6-10/h3-7,18H,17H2,1-2H3. The van der Waals surface area contributed by atoms with Crippen molar-refractivity contribution in [3.05, 3.63) is 53.1 Å². The number of halogens is 2. The Hall–Kier alpha value is -2.15. The minimum absolute atomic E-state index is 0.294. The summed E-state index contributed by atoms with van der Waals surface area (Å²) >= 11 is 0. The van der Waals surface area contributed by atoms with Gasteiger partial charge in [0.1, 0.15) is 0 Å². The van der Waals surface area contributed by atoms with Gasteiger partial charge in [-0.15, -0.1) is 0 Å². The summed E-state index contributed by atoms with van der Waals surface area (Å²) in [5.74, 6) is -2.33. The van der Waals surface area contributed by atoms with E-state index in [9.17, 15) is 17.2 Å². The van der Waals surface area contributed by atoms with Gasteiger partial charge in [0.2, 0.25) is 0 Å². The average molecular weight is 312 g/mol. The zero-order valence-electron chi connectivity index (χ0n) is 11.4. The van der Waals surface area contributed by atoms with Crippen molar-refractivity contribution in [2.75, 3.05) is 10.5 Å². The van der Waals surface area contributed by atoms with Gasteiger partial charge >= 0.3 is 0 Å². The Morgan fingerprint density at radius 2 is 1.67 bits per heavy atom. The maximum atomic E-state index is 13.2. The van der Waals surface area contributed by atoms with Crippen molar-refractivity contribution in [1.29, 1.82) is 0 Å². The van der Waals surface area contributed by atoms with Gasteiger partial charge < -0.3 is 5.73 Å². The Labute approximate surface area is 121 Å². The second kappa shape index (κ2) is 5.33. The van der Waals surface area contributed by atoms with Crippen molar-refractivity contribution < 1.29 is 17.2 Å². The first-order chi connectivity index (χ1) is 9.70. The smallest absolute Gasteiger partial charge is 0.262 e. The highest BCUT2D eigenvalue weighted by molar-refractivity contribution is 7.92. The summed E-state index contributed by atoms with van der Waals surface area (Å²) in [5.41, 5.74) is 7.97. The lowest BCUT2D eigenvalue weighted by molar-refractivity contribution is 0.504. The number of aryl methyl sites for hydroxylation is 2. The molecule has 0 aliphatic carbocycles. The quantitative estimate of drug-likeness (QED) is 0.856. The first kappa shape index (κ1) is 15.2. The summed E-state index contributed by atoms with van der Waals surface area (Å²) in [7, 11) is -4.02. The molecule has 0 atom stereocenters. The van der Waals surface area contributed by atoms with Crippen LogP contribution in [0.5, 0.6) is 0 Å². The van der Waals surface area contributed by atoms with Crippen molar-refractivity contribution in [2.24, 2.45) is 0 Å². The molecule has 0 radical (unpaired) electrons. The van der Waals surface area contributed by atoms with E-state index in [1.54, 1.807) is 19.9 Å². The number of anilines is 2. The zero-order valence-corrected chi connectivity index (χ0v) is 12.3. The van der Waals surface area contributed by atoms with E-state index in [4.69, 9.17) is 5.73 Å². The number of nitrogens with one attached hydrogen (secondary N) is 1. The zero-order chi connectivity index (χ0) is 15.8. The SMILES string of the molecule is Cc1cc(C)c(NS(=O)(=O)c2ccc(F)c(F)c2)cc1N. The number of nitrogens with two attached hydrogens (primary N) is 1. The van der Waals surface area contributed by atoms with E-state index in [0.717, 1.165) is 17.7 Å². The lowest BCUT2D eigenvalue weighted by Crippen LogP contribution is -2.14. The van der Waals surface area contributed by atoms with Crippen LogP contribution in [0.2, 0.25) is 0 Å². The Morgan fingerprint density at radius 3 is 2.29 bits per heavy atom. The minimum atomic E-state index is -4.02. The monoisotopic (exact) mass is 312 g/mol. The number of nitrogen functional groups attached to an aromatic ring is 1. The maximum Gasteiger partial charge on any atom is 0.262 e. The predicted octanol–water partition coefficient (Wildman–Crippen LogP) is 2.96. The van der Waals surface area contributed by atoms with E-state index < -0.39 is 21.7 Å². The van der Waals surface area contributed by atoms with E-state index in [-0.39, 0.29) is 4.90 Å². The topological polar surface area (TPSA) is 72.2 Å². The first-order valence-corrected chi connectivity index (χ1v) is 7.53. The van der Waals surface area contributed by atoms with Gasteiger partial charge in [0.05, 0.1) is 10.6 Å². The van der Waals surface area contributed by atoms with Gasteiger partial charge in [0.25, 0.3) is 10.0 Å². The summed E-state index contributed by atoms with van der Waals surface area (Å²) in [6, 6.07) is 5.61. The molecular formula is C14H14F2N2O2S. The molecule has 0 saturated heterocycles. The molecule has 0 aromatic heterocycles. The summed E-state index contributed by atoms with van der Waals surface area (Å²) in [6.07, 6.45) is 0. The highest BCUT2D eigenvalue weighted by Crippen LogP contribution is 2.25. The van der Waals surface area contributed by atoms with Crippen molar-refractivity contribution in [3.63, 3.8) is 0 Å². The number of sulfonamides is 1. The van der Waals surface area contributed by atoms with Gasteiger partial charge in [0, 0.05) is 5.69 Å². The van der Waals surface area contributed by atoms with Crippen LogP contribution < -0.4 is 10.5 Å². The molecule has 4 nitrogen and oxygen atoms in total. The van der Waals surface area contributed by atoms with Gasteiger partial charge in [-0.1, -0.05) is 6.07 Å². The number of hydrogen-bond donors (Lipinski definition) is 2. The summed E-state index contributed by atoms with van der Waals surface area (Å²) in [4.78, 5) is -0.361. The van der Waals surface area contributed by atoms with Crippen LogP contribution in [0.4, 0.5) is 20.2 Å². The molecule has 0 aliphatic heterocycles. The van der Waals surface area contributed by atoms with Crippen molar-refractivity contribution >= 4 is 21.4 Å². The summed E-state index contributed by atoms with van der Waals surface area (Å²) in [5, 5.41) is 0. The van der Waals surface area contributed by atoms with E-state index in [2.05, 4.69) is 4.72 Å². The van der Waals surface area contributed by atoms with Gasteiger partial charge in [-0.3, -0.25) is 4.72 Å². The van der Waals surface area contributed by atoms with Gasteiger partial charge in [-0.2, -0.15) is 0 Å². The third kappa shape index (κ3) is 3.13. The molecule has 0 saturated carbocycles. The summed E-state index contributed by atoms with van der Waals surface area (Å²) < 4.78 is 52.7. The largest absolute Gasteiger partial charge is 0.398 e. The average Bonchev–Trinajstić information content (AvgIpc) is 2.39. The molecule has 3 N–H and O–H groups in total. The molecule has 0 fully saturated rings. The van der Waals surface area contributed by atoms with Crippen LogP contribution in [0.25, 0.3) is 0 Å². The molecule has 112 valence electrons. The van der Waals surface area contributed by atoms with Crippen LogP contribution >= 0.6 is 0 Å². The third-order valence-electron chi connectivity index (χ3n) is 3.06. The summed E-state index contributed by atoms with van der Waals surface area (Å²) in [6.45, 7) is 3.52. The van der Waals surface area contributed by atoms with E-state index in [1.165, 1.54) is 6.07 Å². The van der Waals surface area contributed by atoms with Crippen LogP contribution in [0.1, 0.15) is 11.1 Å². The molecule has 0 amide bonds. The molecule has 0 bridgehead atoms. The molecule has 21 heavy (non-hydrogen) atoms. The Bertz CT molecular complexity index is 805. The third-order valence-corrected chi connectivity index (χ3v) is 4.42. The van der Waals surface area contributed by atoms with Crippen LogP contribution in [0.3, 0.4) is 0 Å². The van der Waals surface area contributed by atoms with Gasteiger partial charge in [0.15, 0.2) is 11.6 Å². The predicted molar refractivity (Wildman–Crippen MR) is 77.5 cm³/mol. The van der Waals surface area contributed by atoms with E-state index >= 15 is 0 Å². The van der Waals surface area contributed by atoms with Crippen LogP contribution in [0, 0.1) is 25.5 Å². The fourth-order valence-electron chi connectivity index (χ4n) is 1.83. The second-order valence-corrected chi connectivity index (χ2v) is 6.39. The number of benzene rings is 2. The molecule has 2 aromatic rings. The Kier molecular flexibility index (Phi) is 3.87. The molecule has 0 aliphatic rings. The molecule has 2 rings (SSSR count). The van der Waals surface area contributed by atoms with Gasteiger partial charge in [-0.05, 0) is 49.2 Å². The molecule has 7 heteroatoms. The highest BCUT2D eigenvalue weighted by atomic mass is 32.2. The fraction of sp³-hybridized carbons (Fsp3) is 0.143. The van der Waals surface area contributed by atoms with Crippen molar-refractivity contribution in [2.45, 2.75) is 18.7 Å². The van der Waals surface area contributed by atoms with Crippen LogP contribution in [-0.2, 0) is 10.0 Å². The number of rotatable bonds is 3. The van der Waals surface area contributed by atoms with Gasteiger partial charge in [-0.25, -0.2) is 17.2 Å². The highest BCUT2D eigenvalue weighted by Gasteiger charge is 2.18. The normalized spacial score (nSPS) is 11.4. The second-order valence-electron chi connectivity index (χ2n) is 4.71.